The molecule has 0 atom stereocenters. The maximum Gasteiger partial charge on any atom is 0.228 e. The molecule has 0 bridgehead atoms. The van der Waals surface area contributed by atoms with Gasteiger partial charge in [-0.05, 0) is 37.3 Å². The van der Waals surface area contributed by atoms with E-state index in [0.29, 0.717) is 18.8 Å². The summed E-state index contributed by atoms with van der Waals surface area (Å²) < 4.78 is 42.8. The lowest BCUT2D eigenvalue weighted by Crippen LogP contribution is -2.37. The van der Waals surface area contributed by atoms with Gasteiger partial charge in [0.25, 0.3) is 0 Å². The van der Waals surface area contributed by atoms with E-state index in [4.69, 9.17) is 0 Å². The van der Waals surface area contributed by atoms with Crippen molar-refractivity contribution in [2.45, 2.75) is 68.6 Å². The van der Waals surface area contributed by atoms with Crippen LogP contribution >= 0.6 is 0 Å². The molecule has 1 heterocycles. The van der Waals surface area contributed by atoms with Crippen molar-refractivity contribution in [2.75, 3.05) is 0 Å². The summed E-state index contributed by atoms with van der Waals surface area (Å²) in [6.07, 6.45) is 7.53. The monoisotopic (exact) mass is 495 g/mol. The molecule has 0 spiro atoms. The van der Waals surface area contributed by atoms with Crippen molar-refractivity contribution in [1.29, 1.82) is 0 Å². The minimum atomic E-state index is -3.93. The molecule has 0 N–H and O–H groups in total. The van der Waals surface area contributed by atoms with Crippen molar-refractivity contribution in [1.82, 2.24) is 14.5 Å². The molecule has 2 aromatic carbocycles. The number of carbonyl (C=O) groups excluding carboxylic acids is 1. The van der Waals surface area contributed by atoms with Crippen LogP contribution in [0.1, 0.15) is 55.3 Å². The van der Waals surface area contributed by atoms with Crippen LogP contribution < -0.4 is 0 Å². The number of nitrogens with zero attached hydrogens (tertiary/aromatic N) is 3. The van der Waals surface area contributed by atoms with Gasteiger partial charge in [-0.1, -0.05) is 61.4 Å². The summed E-state index contributed by atoms with van der Waals surface area (Å²) in [6, 6.07) is 15.7. The lowest BCUT2D eigenvalue weighted by Gasteiger charge is -2.26. The van der Waals surface area contributed by atoms with Crippen molar-refractivity contribution in [3.63, 3.8) is 0 Å². The van der Waals surface area contributed by atoms with Gasteiger partial charge in [0.15, 0.2) is 0 Å². The van der Waals surface area contributed by atoms with Crippen LogP contribution in [-0.2, 0) is 33.5 Å². The minimum absolute atomic E-state index is 0.0605. The fourth-order valence-corrected chi connectivity index (χ4v) is 6.44. The number of carbonyl (C=O) groups is 1. The lowest BCUT2D eigenvalue weighted by molar-refractivity contribution is -0.136. The Bertz CT molecular complexity index is 1300. The Hall–Kier alpha value is -3.00. The summed E-state index contributed by atoms with van der Waals surface area (Å²) in [5.41, 5.74) is 1.72. The summed E-state index contributed by atoms with van der Waals surface area (Å²) in [4.78, 5) is 19.6. The van der Waals surface area contributed by atoms with Crippen molar-refractivity contribution in [2.24, 2.45) is 5.92 Å². The van der Waals surface area contributed by atoms with Gasteiger partial charge >= 0.3 is 0 Å². The number of hydrogen-bond acceptors (Lipinski definition) is 4. The third-order valence-electron chi connectivity index (χ3n) is 6.97. The van der Waals surface area contributed by atoms with Gasteiger partial charge in [-0.3, -0.25) is 4.79 Å². The molecule has 2 aliphatic rings. The first-order valence-electron chi connectivity index (χ1n) is 12.3. The second-order valence-corrected chi connectivity index (χ2v) is 11.5. The molecular weight excluding hydrogens is 465 g/mol. The van der Waals surface area contributed by atoms with E-state index in [1.165, 1.54) is 18.2 Å². The summed E-state index contributed by atoms with van der Waals surface area (Å²) in [7, 11) is -3.93. The highest BCUT2D eigenvalue weighted by Crippen LogP contribution is 2.34. The molecule has 1 amide bonds. The normalized spacial score (nSPS) is 16.5. The van der Waals surface area contributed by atoms with Gasteiger partial charge in [0.1, 0.15) is 5.82 Å². The molecule has 0 unspecified atom stereocenters. The third-order valence-corrected chi connectivity index (χ3v) is 8.55. The van der Waals surface area contributed by atoms with Gasteiger partial charge in [0.05, 0.1) is 30.7 Å². The van der Waals surface area contributed by atoms with Crippen LogP contribution in [0.2, 0.25) is 0 Å². The Labute approximate surface area is 205 Å². The first-order valence-corrected chi connectivity index (χ1v) is 13.9. The lowest BCUT2D eigenvalue weighted by atomic mass is 10.1. The van der Waals surface area contributed by atoms with Gasteiger partial charge in [-0.2, -0.15) is 0 Å². The first-order chi connectivity index (χ1) is 16.9. The molecule has 0 radical (unpaired) electrons. The predicted molar refractivity (Wildman–Crippen MR) is 131 cm³/mol. The zero-order valence-corrected chi connectivity index (χ0v) is 20.5. The quantitative estimate of drug-likeness (QED) is 0.430. The summed E-state index contributed by atoms with van der Waals surface area (Å²) in [5.74, 6) is -0.795. The minimum Gasteiger partial charge on any atom is -0.334 e. The molecule has 184 valence electrons. The highest BCUT2D eigenvalue weighted by molar-refractivity contribution is 7.90. The highest BCUT2D eigenvalue weighted by atomic mass is 32.2. The van der Waals surface area contributed by atoms with E-state index in [2.05, 4.69) is 4.98 Å². The van der Waals surface area contributed by atoms with Crippen LogP contribution in [0.25, 0.3) is 0 Å². The third kappa shape index (κ3) is 5.32. The molecule has 6 nitrogen and oxygen atoms in total. The Morgan fingerprint density at radius 1 is 1.00 bits per heavy atom. The van der Waals surface area contributed by atoms with Crippen LogP contribution in [-0.4, -0.2) is 34.8 Å². The molecule has 2 aliphatic carbocycles. The Kier molecular flexibility index (Phi) is 6.73. The van der Waals surface area contributed by atoms with Gasteiger partial charge < -0.3 is 9.47 Å². The average Bonchev–Trinajstić information content (AvgIpc) is 3.37. The topological polar surface area (TPSA) is 72.3 Å². The molecule has 2 saturated carbocycles. The molecule has 1 aromatic heterocycles. The van der Waals surface area contributed by atoms with E-state index in [0.717, 1.165) is 44.1 Å². The van der Waals surface area contributed by atoms with E-state index in [9.17, 15) is 17.6 Å². The highest BCUT2D eigenvalue weighted by Gasteiger charge is 2.37. The average molecular weight is 496 g/mol. The molecule has 8 heteroatoms. The van der Waals surface area contributed by atoms with Crippen LogP contribution in [0.4, 0.5) is 4.39 Å². The molecular formula is C27H30FN3O3S. The van der Waals surface area contributed by atoms with Crippen LogP contribution in [0.5, 0.6) is 0 Å². The second kappa shape index (κ2) is 9.93. The van der Waals surface area contributed by atoms with E-state index < -0.39 is 21.4 Å². The number of rotatable bonds is 9. The van der Waals surface area contributed by atoms with Gasteiger partial charge in [0.2, 0.25) is 20.9 Å². The number of aromatic nitrogens is 2. The Balaban J connectivity index is 1.49. The molecule has 0 saturated heterocycles. The standard InChI is InChI=1S/C27H30FN3O3S/c28-25-13-7-6-12-22(25)19-35(33,34)27-29-16-24(31(27)17-20-8-2-1-3-9-20)18-30(23-14-15-23)26(32)21-10-4-5-11-21/h1-3,6-9,12-13,16,21,23H,4-5,10-11,14-15,17-19H2. The van der Waals surface area contributed by atoms with Crippen molar-refractivity contribution >= 4 is 15.7 Å². The van der Waals surface area contributed by atoms with Gasteiger partial charge in [-0.15, -0.1) is 0 Å². The zero-order valence-electron chi connectivity index (χ0n) is 19.6. The van der Waals surface area contributed by atoms with Gasteiger partial charge in [0, 0.05) is 17.5 Å². The molecule has 35 heavy (non-hydrogen) atoms. The zero-order chi connectivity index (χ0) is 24.4. The summed E-state index contributed by atoms with van der Waals surface area (Å²) in [5, 5.41) is -0.0938. The number of amides is 1. The van der Waals surface area contributed by atoms with Crippen molar-refractivity contribution in [3.8, 4) is 0 Å². The van der Waals surface area contributed by atoms with Gasteiger partial charge in [-0.25, -0.2) is 17.8 Å². The largest absolute Gasteiger partial charge is 0.334 e. The first kappa shape index (κ1) is 23.7. The summed E-state index contributed by atoms with van der Waals surface area (Å²) in [6.45, 7) is 0.632. The molecule has 3 aromatic rings. The van der Waals surface area contributed by atoms with E-state index in [1.54, 1.807) is 16.8 Å². The molecule has 0 aliphatic heterocycles. The Morgan fingerprint density at radius 3 is 2.37 bits per heavy atom. The SMILES string of the molecule is O=C(C1CCCC1)N(Cc1cnc(S(=O)(=O)Cc2ccccc2F)n1Cc1ccccc1)C1CC1. The van der Waals surface area contributed by atoms with Crippen molar-refractivity contribution in [3.05, 3.63) is 83.4 Å². The molecule has 2 fully saturated rings. The van der Waals surface area contributed by atoms with Crippen molar-refractivity contribution < 1.29 is 17.6 Å². The van der Waals surface area contributed by atoms with E-state index >= 15 is 0 Å². The smallest absolute Gasteiger partial charge is 0.228 e. The van der Waals surface area contributed by atoms with Crippen LogP contribution in [0.15, 0.2) is 66.0 Å². The maximum atomic E-state index is 14.3. The number of sulfone groups is 1. The van der Waals surface area contributed by atoms with Crippen LogP contribution in [0.3, 0.4) is 0 Å². The fourth-order valence-electron chi connectivity index (χ4n) is 4.94. The summed E-state index contributed by atoms with van der Waals surface area (Å²) >= 11 is 0. The fraction of sp³-hybridized carbons (Fsp3) is 0.407. The maximum absolute atomic E-state index is 14.3. The number of hydrogen-bond donors (Lipinski definition) is 0. The molecule has 5 rings (SSSR count). The number of benzene rings is 2. The van der Waals surface area contributed by atoms with E-state index in [-0.39, 0.29) is 28.6 Å². The number of imidazole rings is 1. The predicted octanol–water partition coefficient (Wildman–Crippen LogP) is 4.73. The Morgan fingerprint density at radius 2 is 1.69 bits per heavy atom. The van der Waals surface area contributed by atoms with E-state index in [1.807, 2.05) is 35.2 Å². The van der Waals surface area contributed by atoms with Crippen LogP contribution in [0, 0.1) is 11.7 Å². The second-order valence-electron chi connectivity index (χ2n) is 9.63. The number of halogens is 1.